The Hall–Kier alpha value is -1.70. The zero-order valence-corrected chi connectivity index (χ0v) is 10.6. The number of carbonyl (C=O) groups is 1. The van der Waals surface area contributed by atoms with E-state index < -0.39 is 23.0 Å². The molecule has 0 radical (unpaired) electrons. The summed E-state index contributed by atoms with van der Waals surface area (Å²) in [7, 11) is 0. The monoisotopic (exact) mass is 285 g/mol. The average molecular weight is 286 g/mol. The van der Waals surface area contributed by atoms with E-state index in [1.807, 2.05) is 0 Å². The van der Waals surface area contributed by atoms with Crippen LogP contribution in [0.3, 0.4) is 0 Å². The van der Waals surface area contributed by atoms with E-state index in [4.69, 9.17) is 11.6 Å². The van der Waals surface area contributed by atoms with E-state index in [0.29, 0.717) is 6.54 Å². The van der Waals surface area contributed by atoms with Gasteiger partial charge in [0.1, 0.15) is 5.69 Å². The van der Waals surface area contributed by atoms with Gasteiger partial charge in [-0.05, 0) is 18.6 Å². The summed E-state index contributed by atoms with van der Waals surface area (Å²) in [6, 6.07) is 3.46. The Morgan fingerprint density at radius 1 is 1.58 bits per heavy atom. The highest BCUT2D eigenvalue weighted by atomic mass is 35.5. The molecule has 19 heavy (non-hydrogen) atoms. The van der Waals surface area contributed by atoms with E-state index in [9.17, 15) is 20.0 Å². The number of nitrogens with one attached hydrogen (secondary N) is 2. The van der Waals surface area contributed by atoms with E-state index >= 15 is 0 Å². The predicted molar refractivity (Wildman–Crippen MR) is 69.2 cm³/mol. The quantitative estimate of drug-likeness (QED) is 0.565. The second-order valence-electron chi connectivity index (χ2n) is 4.26. The van der Waals surface area contributed by atoms with Gasteiger partial charge in [-0.1, -0.05) is 11.6 Å². The number of anilines is 1. The van der Waals surface area contributed by atoms with E-state index in [2.05, 4.69) is 10.6 Å². The summed E-state index contributed by atoms with van der Waals surface area (Å²) < 4.78 is 0. The highest BCUT2D eigenvalue weighted by Gasteiger charge is 2.29. The average Bonchev–Trinajstić information content (AvgIpc) is 2.78. The van der Waals surface area contributed by atoms with Crippen LogP contribution in [0.15, 0.2) is 18.2 Å². The molecule has 0 aliphatic carbocycles. The van der Waals surface area contributed by atoms with Gasteiger partial charge >= 0.3 is 0 Å². The normalized spacial score (nSPS) is 22.2. The maximum Gasteiger partial charge on any atom is 0.294 e. The fourth-order valence-corrected chi connectivity index (χ4v) is 2.06. The lowest BCUT2D eigenvalue weighted by Gasteiger charge is -2.11. The van der Waals surface area contributed by atoms with Gasteiger partial charge in [-0.3, -0.25) is 14.9 Å². The number of rotatable bonds is 3. The fraction of sp³-hybridized carbons (Fsp3) is 0.364. The molecule has 1 amide bonds. The second-order valence-corrected chi connectivity index (χ2v) is 4.69. The number of hydrogen-bond donors (Lipinski definition) is 3. The van der Waals surface area contributed by atoms with Crippen molar-refractivity contribution in [1.82, 2.24) is 5.32 Å². The molecule has 102 valence electrons. The number of halogens is 1. The SMILES string of the molecule is O=C(Nc1ccc(Cl)cc1[N+](=O)[O-])C1CC(O)CN1. The Morgan fingerprint density at radius 3 is 2.89 bits per heavy atom. The van der Waals surface area contributed by atoms with Crippen molar-refractivity contribution in [2.75, 3.05) is 11.9 Å². The fourth-order valence-electron chi connectivity index (χ4n) is 1.90. The van der Waals surface area contributed by atoms with Crippen molar-refractivity contribution in [2.45, 2.75) is 18.6 Å². The third kappa shape index (κ3) is 3.19. The minimum Gasteiger partial charge on any atom is -0.392 e. The summed E-state index contributed by atoms with van der Waals surface area (Å²) in [6.07, 6.45) is -0.288. The molecule has 2 unspecified atom stereocenters. The summed E-state index contributed by atoms with van der Waals surface area (Å²) in [4.78, 5) is 22.1. The molecule has 8 heteroatoms. The summed E-state index contributed by atoms with van der Waals surface area (Å²) in [6.45, 7) is 0.334. The Balaban J connectivity index is 2.14. The van der Waals surface area contributed by atoms with Crippen molar-refractivity contribution in [1.29, 1.82) is 0 Å². The molecule has 2 rings (SSSR count). The van der Waals surface area contributed by atoms with Crippen molar-refractivity contribution < 1.29 is 14.8 Å². The van der Waals surface area contributed by atoms with Gasteiger partial charge in [0.2, 0.25) is 5.91 Å². The van der Waals surface area contributed by atoms with Crippen LogP contribution in [0.1, 0.15) is 6.42 Å². The van der Waals surface area contributed by atoms with E-state index in [1.165, 1.54) is 18.2 Å². The summed E-state index contributed by atoms with van der Waals surface area (Å²) in [5, 5.41) is 25.7. The maximum atomic E-state index is 11.9. The third-order valence-corrected chi connectivity index (χ3v) is 3.07. The van der Waals surface area contributed by atoms with Crippen molar-refractivity contribution in [3.8, 4) is 0 Å². The summed E-state index contributed by atoms with van der Waals surface area (Å²) >= 11 is 5.68. The Kier molecular flexibility index (Phi) is 3.98. The molecule has 0 saturated carbocycles. The molecule has 7 nitrogen and oxygen atoms in total. The van der Waals surface area contributed by atoms with Crippen molar-refractivity contribution in [2.24, 2.45) is 0 Å². The first-order chi connectivity index (χ1) is 8.97. The first kappa shape index (κ1) is 13.7. The molecule has 1 fully saturated rings. The van der Waals surface area contributed by atoms with Crippen LogP contribution in [-0.2, 0) is 4.79 Å². The largest absolute Gasteiger partial charge is 0.392 e. The van der Waals surface area contributed by atoms with Crippen LogP contribution >= 0.6 is 11.6 Å². The van der Waals surface area contributed by atoms with Crippen LogP contribution in [0.25, 0.3) is 0 Å². The highest BCUT2D eigenvalue weighted by Crippen LogP contribution is 2.28. The van der Waals surface area contributed by atoms with Gasteiger partial charge in [-0.15, -0.1) is 0 Å². The molecule has 0 bridgehead atoms. The van der Waals surface area contributed by atoms with Crippen LogP contribution in [0, 0.1) is 10.1 Å². The van der Waals surface area contributed by atoms with Crippen LogP contribution in [-0.4, -0.2) is 34.6 Å². The number of amides is 1. The van der Waals surface area contributed by atoms with Gasteiger partial charge in [-0.2, -0.15) is 0 Å². The molecule has 1 saturated heterocycles. The minimum atomic E-state index is -0.613. The number of aliphatic hydroxyl groups excluding tert-OH is 1. The van der Waals surface area contributed by atoms with Crippen LogP contribution in [0.4, 0.5) is 11.4 Å². The topological polar surface area (TPSA) is 104 Å². The summed E-state index contributed by atoms with van der Waals surface area (Å²) in [5.41, 5.74) is -0.179. The minimum absolute atomic E-state index is 0.0857. The smallest absolute Gasteiger partial charge is 0.294 e. The summed E-state index contributed by atoms with van der Waals surface area (Å²) in [5.74, 6) is -0.415. The molecule has 1 aromatic rings. The van der Waals surface area contributed by atoms with Crippen molar-refractivity contribution in [3.63, 3.8) is 0 Å². The number of β-amino-alcohol motifs (C(OH)–C–C–N with tert-alkyl or cyclic N) is 1. The number of benzene rings is 1. The zero-order valence-electron chi connectivity index (χ0n) is 9.80. The standard InChI is InChI=1S/C11H12ClN3O4/c12-6-1-2-8(10(3-6)15(18)19)14-11(17)9-4-7(16)5-13-9/h1-3,7,9,13,16H,4-5H2,(H,14,17). The molecular weight excluding hydrogens is 274 g/mol. The number of nitrogens with zero attached hydrogens (tertiary/aromatic N) is 1. The first-order valence-electron chi connectivity index (χ1n) is 5.63. The number of nitro benzene ring substituents is 1. The van der Waals surface area contributed by atoms with Crippen LogP contribution in [0.5, 0.6) is 0 Å². The van der Waals surface area contributed by atoms with E-state index in [0.717, 1.165) is 0 Å². The number of carbonyl (C=O) groups excluding carboxylic acids is 1. The lowest BCUT2D eigenvalue weighted by molar-refractivity contribution is -0.383. The molecular formula is C11H12ClN3O4. The van der Waals surface area contributed by atoms with Gasteiger partial charge in [0.25, 0.3) is 5.69 Å². The predicted octanol–water partition coefficient (Wildman–Crippen LogP) is 0.909. The number of aliphatic hydroxyl groups is 1. The van der Waals surface area contributed by atoms with Gasteiger partial charge in [0, 0.05) is 17.6 Å². The van der Waals surface area contributed by atoms with Crippen molar-refractivity contribution >= 4 is 28.9 Å². The lowest BCUT2D eigenvalue weighted by Crippen LogP contribution is -2.35. The molecule has 1 aromatic carbocycles. The Morgan fingerprint density at radius 2 is 2.32 bits per heavy atom. The van der Waals surface area contributed by atoms with Crippen LogP contribution < -0.4 is 10.6 Å². The zero-order chi connectivity index (χ0) is 14.0. The van der Waals surface area contributed by atoms with E-state index in [-0.39, 0.29) is 22.8 Å². The molecule has 0 aromatic heterocycles. The third-order valence-electron chi connectivity index (χ3n) is 2.84. The first-order valence-corrected chi connectivity index (χ1v) is 6.01. The number of nitro groups is 1. The molecule has 3 N–H and O–H groups in total. The van der Waals surface area contributed by atoms with E-state index in [1.54, 1.807) is 0 Å². The molecule has 2 atom stereocenters. The number of hydrogen-bond acceptors (Lipinski definition) is 5. The van der Waals surface area contributed by atoms with Crippen LogP contribution in [0.2, 0.25) is 5.02 Å². The van der Waals surface area contributed by atoms with Crippen molar-refractivity contribution in [3.05, 3.63) is 33.3 Å². The van der Waals surface area contributed by atoms with Gasteiger partial charge in [-0.25, -0.2) is 0 Å². The van der Waals surface area contributed by atoms with Gasteiger partial charge in [0.05, 0.1) is 17.1 Å². The molecule has 1 aliphatic heterocycles. The lowest BCUT2D eigenvalue weighted by atomic mass is 10.2. The molecule has 0 spiro atoms. The van der Waals surface area contributed by atoms with Gasteiger partial charge in [0.15, 0.2) is 0 Å². The molecule has 1 heterocycles. The maximum absolute atomic E-state index is 11.9. The molecule has 1 aliphatic rings. The Labute approximate surface area is 113 Å². The second kappa shape index (κ2) is 5.52. The Bertz CT molecular complexity index is 523. The highest BCUT2D eigenvalue weighted by molar-refractivity contribution is 6.31. The van der Waals surface area contributed by atoms with Gasteiger partial charge < -0.3 is 15.7 Å².